The number of rotatable bonds is 5. The van der Waals surface area contributed by atoms with Crippen LogP contribution in [0.1, 0.15) is 30.9 Å². The van der Waals surface area contributed by atoms with E-state index < -0.39 is 11.7 Å². The van der Waals surface area contributed by atoms with Gasteiger partial charge in [-0.25, -0.2) is 0 Å². The second-order valence-electron chi connectivity index (χ2n) is 5.08. The van der Waals surface area contributed by atoms with Crippen LogP contribution >= 0.6 is 0 Å². The Balaban J connectivity index is 2.46. The van der Waals surface area contributed by atoms with Crippen molar-refractivity contribution in [2.75, 3.05) is 6.61 Å². The number of alkyl halides is 3. The molecule has 0 bridgehead atoms. The number of pyridine rings is 1. The number of nitrogens with zero attached hydrogens (tertiary/aromatic N) is 1. The van der Waals surface area contributed by atoms with Gasteiger partial charge in [0, 0.05) is 11.8 Å². The van der Waals surface area contributed by atoms with Gasteiger partial charge in [0.15, 0.2) is 0 Å². The fourth-order valence-electron chi connectivity index (χ4n) is 2.11. The van der Waals surface area contributed by atoms with Gasteiger partial charge in [-0.05, 0) is 43.2 Å². The van der Waals surface area contributed by atoms with Crippen LogP contribution in [0.5, 0.6) is 5.75 Å². The van der Waals surface area contributed by atoms with E-state index in [2.05, 4.69) is 4.98 Å². The Hall–Kier alpha value is -2.04. The lowest BCUT2D eigenvalue weighted by Crippen LogP contribution is -2.07. The predicted molar refractivity (Wildman–Crippen MR) is 79.8 cm³/mol. The van der Waals surface area contributed by atoms with E-state index in [-0.39, 0.29) is 5.75 Å². The van der Waals surface area contributed by atoms with Crippen LogP contribution in [0.15, 0.2) is 36.5 Å². The molecule has 22 heavy (non-hydrogen) atoms. The summed E-state index contributed by atoms with van der Waals surface area (Å²) in [6.45, 7) is 4.26. The first-order valence-corrected chi connectivity index (χ1v) is 7.19. The molecule has 0 aliphatic heterocycles. The van der Waals surface area contributed by atoms with Crippen molar-refractivity contribution in [3.8, 4) is 17.0 Å². The average Bonchev–Trinajstić information content (AvgIpc) is 2.47. The maximum atomic E-state index is 12.9. The predicted octanol–water partition coefficient (Wildman–Crippen LogP) is 5.25. The van der Waals surface area contributed by atoms with Gasteiger partial charge in [-0.3, -0.25) is 4.98 Å². The Kier molecular flexibility index (Phi) is 5.06. The van der Waals surface area contributed by atoms with E-state index >= 15 is 0 Å². The molecule has 0 spiro atoms. The monoisotopic (exact) mass is 309 g/mol. The second-order valence-corrected chi connectivity index (χ2v) is 5.08. The fourth-order valence-corrected chi connectivity index (χ4v) is 2.11. The topological polar surface area (TPSA) is 22.1 Å². The summed E-state index contributed by atoms with van der Waals surface area (Å²) in [6.07, 6.45) is -1.07. The number of hydrogen-bond donors (Lipinski definition) is 0. The minimum Gasteiger partial charge on any atom is -0.493 e. The lowest BCUT2D eigenvalue weighted by Gasteiger charge is -2.15. The third-order valence-corrected chi connectivity index (χ3v) is 3.33. The third kappa shape index (κ3) is 3.78. The van der Waals surface area contributed by atoms with E-state index in [9.17, 15) is 13.2 Å². The summed E-state index contributed by atoms with van der Waals surface area (Å²) in [5.41, 5.74) is 1.41. The maximum absolute atomic E-state index is 12.9. The Morgan fingerprint density at radius 2 is 1.95 bits per heavy atom. The summed E-state index contributed by atoms with van der Waals surface area (Å²) in [6, 6.07) is 7.21. The van der Waals surface area contributed by atoms with Gasteiger partial charge in [0.2, 0.25) is 0 Å². The highest BCUT2D eigenvalue weighted by Crippen LogP contribution is 2.37. The van der Waals surface area contributed by atoms with E-state index in [0.717, 1.165) is 30.5 Å². The molecule has 1 aromatic heterocycles. The second kappa shape index (κ2) is 6.81. The largest absolute Gasteiger partial charge is 0.493 e. The molecule has 0 unspecified atom stereocenters. The maximum Gasteiger partial charge on any atom is 0.416 e. The van der Waals surface area contributed by atoms with Crippen LogP contribution in [0.25, 0.3) is 11.3 Å². The number of halogens is 3. The van der Waals surface area contributed by atoms with E-state index in [1.54, 1.807) is 12.3 Å². The van der Waals surface area contributed by atoms with Crippen LogP contribution in [-0.2, 0) is 6.18 Å². The molecule has 0 atom stereocenters. The zero-order valence-electron chi connectivity index (χ0n) is 12.6. The molecule has 0 saturated heterocycles. The van der Waals surface area contributed by atoms with Crippen molar-refractivity contribution in [2.24, 2.45) is 0 Å². The average molecular weight is 309 g/mol. The molecule has 1 aromatic carbocycles. The van der Waals surface area contributed by atoms with Crippen molar-refractivity contribution < 1.29 is 17.9 Å². The van der Waals surface area contributed by atoms with Crippen molar-refractivity contribution in [3.05, 3.63) is 47.7 Å². The molecule has 0 N–H and O–H groups in total. The summed E-state index contributed by atoms with van der Waals surface area (Å²) >= 11 is 0. The minimum absolute atomic E-state index is 0.227. The molecule has 0 aliphatic carbocycles. The summed E-state index contributed by atoms with van der Waals surface area (Å²) < 4.78 is 44.3. The summed E-state index contributed by atoms with van der Waals surface area (Å²) in [5, 5.41) is 0. The van der Waals surface area contributed by atoms with Crippen molar-refractivity contribution in [2.45, 2.75) is 32.9 Å². The quantitative estimate of drug-likeness (QED) is 0.703. The number of ether oxygens (including phenoxy) is 1. The molecule has 0 aliphatic rings. The van der Waals surface area contributed by atoms with E-state index in [1.165, 1.54) is 6.07 Å². The minimum atomic E-state index is -4.39. The number of unbranched alkanes of at least 4 members (excludes halogenated alkanes) is 1. The Morgan fingerprint density at radius 3 is 2.59 bits per heavy atom. The van der Waals surface area contributed by atoms with Gasteiger partial charge < -0.3 is 4.74 Å². The van der Waals surface area contributed by atoms with Crippen molar-refractivity contribution in [1.29, 1.82) is 0 Å². The lowest BCUT2D eigenvalue weighted by molar-refractivity contribution is -0.137. The molecule has 2 nitrogen and oxygen atoms in total. The van der Waals surface area contributed by atoms with Crippen molar-refractivity contribution in [3.63, 3.8) is 0 Å². The number of aromatic nitrogens is 1. The molecular formula is C17H18F3NO. The van der Waals surface area contributed by atoms with E-state index in [4.69, 9.17) is 4.74 Å². The Bertz CT molecular complexity index is 638. The number of aryl methyl sites for hydroxylation is 1. The highest BCUT2D eigenvalue weighted by molar-refractivity contribution is 5.70. The molecule has 5 heteroatoms. The summed E-state index contributed by atoms with van der Waals surface area (Å²) in [4.78, 5) is 4.27. The molecule has 1 heterocycles. The molecule has 0 amide bonds. The lowest BCUT2D eigenvalue weighted by atomic mass is 10.0. The highest BCUT2D eigenvalue weighted by atomic mass is 19.4. The van der Waals surface area contributed by atoms with Gasteiger partial charge in [-0.1, -0.05) is 19.4 Å². The van der Waals surface area contributed by atoms with Crippen LogP contribution < -0.4 is 4.74 Å². The first kappa shape index (κ1) is 16.3. The molecule has 0 radical (unpaired) electrons. The van der Waals surface area contributed by atoms with Crippen LogP contribution in [0.2, 0.25) is 0 Å². The van der Waals surface area contributed by atoms with E-state index in [0.29, 0.717) is 17.9 Å². The normalized spacial score (nSPS) is 11.5. The van der Waals surface area contributed by atoms with E-state index in [1.807, 2.05) is 19.9 Å². The molecular weight excluding hydrogens is 291 g/mol. The van der Waals surface area contributed by atoms with Gasteiger partial charge in [0.1, 0.15) is 5.75 Å². The standard InChI is InChI=1S/C17H18F3NO/c1-3-4-10-22-15-11-13(17(18,19)20)7-8-14(15)16-12(2)6-5-9-21-16/h5-9,11H,3-4,10H2,1-2H3. The first-order valence-electron chi connectivity index (χ1n) is 7.19. The first-order chi connectivity index (χ1) is 10.4. The molecule has 0 fully saturated rings. The SMILES string of the molecule is CCCCOc1cc(C(F)(F)F)ccc1-c1ncccc1C. The molecule has 2 rings (SSSR count). The van der Waals surface area contributed by atoms with Gasteiger partial charge in [-0.15, -0.1) is 0 Å². The van der Waals surface area contributed by atoms with Gasteiger partial charge in [0.25, 0.3) is 0 Å². The fraction of sp³-hybridized carbons (Fsp3) is 0.353. The Morgan fingerprint density at radius 1 is 1.18 bits per heavy atom. The summed E-state index contributed by atoms with van der Waals surface area (Å²) in [5.74, 6) is 0.227. The van der Waals surface area contributed by atoms with Gasteiger partial charge in [-0.2, -0.15) is 13.2 Å². The zero-order valence-corrected chi connectivity index (χ0v) is 12.6. The number of benzene rings is 1. The van der Waals surface area contributed by atoms with Gasteiger partial charge in [0.05, 0.1) is 17.9 Å². The third-order valence-electron chi connectivity index (χ3n) is 3.33. The van der Waals surface area contributed by atoms with Crippen LogP contribution in [-0.4, -0.2) is 11.6 Å². The van der Waals surface area contributed by atoms with Crippen molar-refractivity contribution in [1.82, 2.24) is 4.98 Å². The molecule has 118 valence electrons. The van der Waals surface area contributed by atoms with Crippen LogP contribution in [0, 0.1) is 6.92 Å². The van der Waals surface area contributed by atoms with Crippen LogP contribution in [0.4, 0.5) is 13.2 Å². The van der Waals surface area contributed by atoms with Crippen molar-refractivity contribution >= 4 is 0 Å². The smallest absolute Gasteiger partial charge is 0.416 e. The highest BCUT2D eigenvalue weighted by Gasteiger charge is 2.31. The molecule has 2 aromatic rings. The zero-order chi connectivity index (χ0) is 16.2. The summed E-state index contributed by atoms with van der Waals surface area (Å²) in [7, 11) is 0. The number of hydrogen-bond acceptors (Lipinski definition) is 2. The Labute approximate surface area is 128 Å². The molecule has 0 saturated carbocycles. The van der Waals surface area contributed by atoms with Gasteiger partial charge >= 0.3 is 6.18 Å². The van der Waals surface area contributed by atoms with Crippen LogP contribution in [0.3, 0.4) is 0 Å².